The van der Waals surface area contributed by atoms with Crippen molar-refractivity contribution in [1.82, 2.24) is 0 Å². The van der Waals surface area contributed by atoms with Crippen molar-refractivity contribution in [2.45, 2.75) is 6.92 Å². The lowest BCUT2D eigenvalue weighted by atomic mass is 10.2. The Hall–Kier alpha value is -1.02. The molecule has 0 unspecified atom stereocenters. The van der Waals surface area contributed by atoms with Crippen LogP contribution in [0.15, 0.2) is 18.2 Å². The Balaban J connectivity index is 2.69. The van der Waals surface area contributed by atoms with Crippen LogP contribution in [-0.4, -0.2) is 7.11 Å². The van der Waals surface area contributed by atoms with E-state index >= 15 is 0 Å². The van der Waals surface area contributed by atoms with Crippen molar-refractivity contribution in [3.8, 4) is 5.75 Å². The van der Waals surface area contributed by atoms with Crippen molar-refractivity contribution < 1.29 is 4.74 Å². The van der Waals surface area contributed by atoms with E-state index in [1.807, 2.05) is 12.1 Å². The van der Waals surface area contributed by atoms with Crippen LogP contribution in [0.25, 0.3) is 10.8 Å². The molecule has 1 nitrogen and oxygen atoms in total. The summed E-state index contributed by atoms with van der Waals surface area (Å²) in [5.74, 6) is 0.900. The molecule has 2 aromatic rings. The first-order valence-electron chi connectivity index (χ1n) is 3.76. The maximum atomic E-state index is 5.12. The van der Waals surface area contributed by atoms with Crippen molar-refractivity contribution in [2.24, 2.45) is 0 Å². The molecule has 0 atom stereocenters. The second-order valence-electron chi connectivity index (χ2n) is 2.67. The number of methoxy groups -OCH3 is 1. The predicted octanol–water partition coefficient (Wildman–Crippen LogP) is 3.02. The number of hydrogen-bond acceptors (Lipinski definition) is 2. The largest absolute Gasteiger partial charge is 0.497 e. The van der Waals surface area contributed by atoms with E-state index in [1.54, 1.807) is 18.4 Å². The van der Waals surface area contributed by atoms with Gasteiger partial charge in [-0.1, -0.05) is 0 Å². The summed E-state index contributed by atoms with van der Waals surface area (Å²) < 4.78 is 5.12. The van der Waals surface area contributed by atoms with Gasteiger partial charge in [0, 0.05) is 10.3 Å². The molecule has 0 amide bonds. The molecule has 0 spiro atoms. The first kappa shape index (κ1) is 7.62. The van der Waals surface area contributed by atoms with E-state index in [-0.39, 0.29) is 0 Å². The maximum Gasteiger partial charge on any atom is 0.119 e. The van der Waals surface area contributed by atoms with E-state index in [9.17, 15) is 0 Å². The number of ether oxygens (including phenoxy) is 1. The molecule has 0 aliphatic rings. The maximum absolute atomic E-state index is 5.12. The molecular weight excluding hydrogens is 168 g/mol. The molecule has 0 saturated carbocycles. The van der Waals surface area contributed by atoms with Gasteiger partial charge in [-0.25, -0.2) is 0 Å². The van der Waals surface area contributed by atoms with Gasteiger partial charge >= 0.3 is 0 Å². The fourth-order valence-corrected chi connectivity index (χ4v) is 1.95. The Bertz CT molecular complexity index is 403. The Morgan fingerprint density at radius 3 is 3.00 bits per heavy atom. The molecule has 1 aromatic carbocycles. The number of benzene rings is 1. The highest BCUT2D eigenvalue weighted by atomic mass is 32.1. The van der Waals surface area contributed by atoms with Gasteiger partial charge in [0.25, 0.3) is 0 Å². The molecular formula is C10H9OS. The summed E-state index contributed by atoms with van der Waals surface area (Å²) in [5, 5.41) is 5.65. The average molecular weight is 177 g/mol. The fourth-order valence-electron chi connectivity index (χ4n) is 1.23. The van der Waals surface area contributed by atoms with Crippen LogP contribution in [0.1, 0.15) is 4.88 Å². The van der Waals surface area contributed by atoms with E-state index < -0.39 is 0 Å². The van der Waals surface area contributed by atoms with Gasteiger partial charge in [0.2, 0.25) is 0 Å². The molecule has 0 N–H and O–H groups in total. The second-order valence-corrected chi connectivity index (χ2v) is 3.69. The van der Waals surface area contributed by atoms with E-state index in [1.165, 1.54) is 10.3 Å². The Morgan fingerprint density at radius 2 is 2.25 bits per heavy atom. The molecule has 0 fully saturated rings. The zero-order valence-electron chi connectivity index (χ0n) is 7.05. The van der Waals surface area contributed by atoms with Gasteiger partial charge in [-0.3, -0.25) is 0 Å². The molecule has 12 heavy (non-hydrogen) atoms. The zero-order chi connectivity index (χ0) is 8.55. The smallest absolute Gasteiger partial charge is 0.119 e. The standard InChI is InChI=1S/C10H9OS/c1-7-10-4-3-9(11-2)5-8(10)6-12-7/h3-5H,1-2H3. The Morgan fingerprint density at radius 1 is 1.42 bits per heavy atom. The van der Waals surface area contributed by atoms with E-state index in [2.05, 4.69) is 18.4 Å². The van der Waals surface area contributed by atoms with Crippen LogP contribution in [0, 0.1) is 12.3 Å². The minimum atomic E-state index is 0.900. The average Bonchev–Trinajstić information content (AvgIpc) is 2.47. The summed E-state index contributed by atoms with van der Waals surface area (Å²) in [4.78, 5) is 1.31. The highest BCUT2D eigenvalue weighted by Crippen LogP contribution is 2.27. The van der Waals surface area contributed by atoms with Gasteiger partial charge in [-0.15, -0.1) is 11.3 Å². The third-order valence-electron chi connectivity index (χ3n) is 1.92. The first-order chi connectivity index (χ1) is 5.81. The molecule has 0 aliphatic carbocycles. The highest BCUT2D eigenvalue weighted by molar-refractivity contribution is 7.11. The number of hydrogen-bond donors (Lipinski definition) is 0. The van der Waals surface area contributed by atoms with Crippen molar-refractivity contribution in [3.05, 3.63) is 28.5 Å². The summed E-state index contributed by atoms with van der Waals surface area (Å²) in [5.41, 5.74) is 0. The van der Waals surface area contributed by atoms with Gasteiger partial charge in [-0.2, -0.15) is 0 Å². The van der Waals surface area contributed by atoms with Crippen LogP contribution in [0.5, 0.6) is 5.75 Å². The molecule has 1 radical (unpaired) electrons. The van der Waals surface area contributed by atoms with Gasteiger partial charge < -0.3 is 4.74 Å². The third-order valence-corrected chi connectivity index (χ3v) is 2.77. The number of thiophene rings is 1. The monoisotopic (exact) mass is 177 g/mol. The lowest BCUT2D eigenvalue weighted by molar-refractivity contribution is 0.415. The fraction of sp³-hybridized carbons (Fsp3) is 0.200. The van der Waals surface area contributed by atoms with Gasteiger partial charge in [0.05, 0.1) is 12.5 Å². The van der Waals surface area contributed by atoms with Crippen molar-refractivity contribution in [1.29, 1.82) is 0 Å². The molecule has 0 aliphatic heterocycles. The number of aryl methyl sites for hydroxylation is 1. The summed E-state index contributed by atoms with van der Waals surface area (Å²) in [6.45, 7) is 2.11. The minimum Gasteiger partial charge on any atom is -0.497 e. The molecule has 2 heteroatoms. The molecule has 1 heterocycles. The van der Waals surface area contributed by atoms with Crippen molar-refractivity contribution in [2.75, 3.05) is 7.11 Å². The lowest BCUT2D eigenvalue weighted by Crippen LogP contribution is -1.80. The summed E-state index contributed by atoms with van der Waals surface area (Å²) in [7, 11) is 1.68. The highest BCUT2D eigenvalue weighted by Gasteiger charge is 2.00. The number of fused-ring (bicyclic) bond motifs is 1. The summed E-state index contributed by atoms with van der Waals surface area (Å²) in [6, 6.07) is 6.07. The van der Waals surface area contributed by atoms with Gasteiger partial charge in [0.1, 0.15) is 5.75 Å². The Kier molecular flexibility index (Phi) is 1.77. The second kappa shape index (κ2) is 2.79. The van der Waals surface area contributed by atoms with Crippen LogP contribution >= 0.6 is 11.3 Å². The van der Waals surface area contributed by atoms with Gasteiger partial charge in [0.15, 0.2) is 0 Å². The van der Waals surface area contributed by atoms with Crippen molar-refractivity contribution in [3.63, 3.8) is 0 Å². The van der Waals surface area contributed by atoms with Crippen LogP contribution in [0.3, 0.4) is 0 Å². The van der Waals surface area contributed by atoms with Crippen LogP contribution in [0.2, 0.25) is 0 Å². The van der Waals surface area contributed by atoms with E-state index in [0.29, 0.717) is 0 Å². The predicted molar refractivity (Wildman–Crippen MR) is 52.0 cm³/mol. The van der Waals surface area contributed by atoms with E-state index in [0.717, 1.165) is 11.1 Å². The van der Waals surface area contributed by atoms with E-state index in [4.69, 9.17) is 4.74 Å². The van der Waals surface area contributed by atoms with Crippen LogP contribution < -0.4 is 4.74 Å². The van der Waals surface area contributed by atoms with Gasteiger partial charge in [-0.05, 0) is 30.5 Å². The molecule has 2 rings (SSSR count). The molecule has 61 valence electrons. The summed E-state index contributed by atoms with van der Waals surface area (Å²) in [6.07, 6.45) is 0. The SMILES string of the molecule is COc1ccc2c(C)s[c]c2c1. The minimum absolute atomic E-state index is 0.900. The molecule has 0 bridgehead atoms. The molecule has 1 aromatic heterocycles. The third kappa shape index (κ3) is 1.08. The van der Waals surface area contributed by atoms with Crippen LogP contribution in [0.4, 0.5) is 0 Å². The molecule has 0 saturated heterocycles. The topological polar surface area (TPSA) is 9.23 Å². The van der Waals surface area contributed by atoms with Crippen molar-refractivity contribution >= 4 is 22.1 Å². The lowest BCUT2D eigenvalue weighted by Gasteiger charge is -1.98. The zero-order valence-corrected chi connectivity index (χ0v) is 7.87. The Labute approximate surface area is 75.6 Å². The van der Waals surface area contributed by atoms with Crippen LogP contribution in [-0.2, 0) is 0 Å². The number of rotatable bonds is 1. The normalized spacial score (nSPS) is 10.5. The first-order valence-corrected chi connectivity index (χ1v) is 4.58. The summed E-state index contributed by atoms with van der Waals surface area (Å²) >= 11 is 1.66. The quantitative estimate of drug-likeness (QED) is 0.650.